The summed E-state index contributed by atoms with van der Waals surface area (Å²) in [7, 11) is 0. The summed E-state index contributed by atoms with van der Waals surface area (Å²) in [6.45, 7) is 6.94. The molecule has 0 radical (unpaired) electrons. The van der Waals surface area contributed by atoms with Gasteiger partial charge in [0.05, 0.1) is 11.8 Å². The van der Waals surface area contributed by atoms with Crippen molar-refractivity contribution in [1.29, 1.82) is 0 Å². The van der Waals surface area contributed by atoms with Crippen molar-refractivity contribution in [2.24, 2.45) is 11.8 Å². The Morgan fingerprint density at radius 2 is 2.00 bits per heavy atom. The Morgan fingerprint density at radius 3 is 2.41 bits per heavy atom. The highest BCUT2D eigenvalue weighted by Gasteiger charge is 2.50. The molecule has 0 bridgehead atoms. The molecule has 17 heavy (non-hydrogen) atoms. The molecule has 1 saturated carbocycles. The number of rotatable bonds is 7. The maximum Gasteiger partial charge on any atom is 0.307 e. The Bertz CT molecular complexity index is 290. The first-order valence-corrected chi connectivity index (χ1v) is 6.56. The summed E-state index contributed by atoms with van der Waals surface area (Å²) in [5, 5.41) is 8.86. The molecular weight excluding hydrogens is 218 g/mol. The van der Waals surface area contributed by atoms with Gasteiger partial charge in [0.15, 0.2) is 0 Å². The Hall–Kier alpha value is -1.06. The minimum absolute atomic E-state index is 0.0419. The summed E-state index contributed by atoms with van der Waals surface area (Å²) in [5.41, 5.74) is 0. The fraction of sp³-hybridized carbons (Fsp3) is 0.846. The zero-order chi connectivity index (χ0) is 13.0. The van der Waals surface area contributed by atoms with Crippen LogP contribution in [-0.2, 0) is 9.59 Å². The largest absolute Gasteiger partial charge is 0.481 e. The van der Waals surface area contributed by atoms with E-state index in [2.05, 4.69) is 13.8 Å². The molecule has 1 amide bonds. The van der Waals surface area contributed by atoms with E-state index < -0.39 is 11.9 Å². The van der Waals surface area contributed by atoms with Gasteiger partial charge in [-0.25, -0.2) is 0 Å². The second kappa shape index (κ2) is 6.03. The monoisotopic (exact) mass is 241 g/mol. The van der Waals surface area contributed by atoms with E-state index in [1.165, 1.54) is 0 Å². The number of hydrogen-bond donors (Lipinski definition) is 1. The lowest BCUT2D eigenvalue weighted by Crippen LogP contribution is -2.40. The topological polar surface area (TPSA) is 57.6 Å². The molecule has 4 nitrogen and oxygen atoms in total. The molecule has 4 heteroatoms. The van der Waals surface area contributed by atoms with Crippen LogP contribution in [0.25, 0.3) is 0 Å². The fourth-order valence-electron chi connectivity index (χ4n) is 2.05. The Morgan fingerprint density at radius 1 is 1.35 bits per heavy atom. The summed E-state index contributed by atoms with van der Waals surface area (Å²) in [6, 6.07) is 0.212. The van der Waals surface area contributed by atoms with Crippen LogP contribution in [0.15, 0.2) is 0 Å². The number of carbonyl (C=O) groups is 2. The van der Waals surface area contributed by atoms with Gasteiger partial charge in [-0.15, -0.1) is 0 Å². The van der Waals surface area contributed by atoms with E-state index in [9.17, 15) is 9.59 Å². The Labute approximate surface area is 103 Å². The van der Waals surface area contributed by atoms with Gasteiger partial charge in [-0.1, -0.05) is 20.3 Å². The zero-order valence-electron chi connectivity index (χ0n) is 11.0. The molecular formula is C13H23NO3. The third kappa shape index (κ3) is 3.45. The van der Waals surface area contributed by atoms with Crippen molar-refractivity contribution < 1.29 is 14.7 Å². The van der Waals surface area contributed by atoms with Crippen molar-refractivity contribution in [2.45, 2.75) is 52.5 Å². The van der Waals surface area contributed by atoms with Gasteiger partial charge in [-0.3, -0.25) is 9.59 Å². The molecule has 98 valence electrons. The van der Waals surface area contributed by atoms with Gasteiger partial charge in [-0.05, 0) is 26.2 Å². The number of aliphatic carboxylic acids is 1. The highest BCUT2D eigenvalue weighted by molar-refractivity contribution is 5.89. The predicted molar refractivity (Wildman–Crippen MR) is 65.6 cm³/mol. The van der Waals surface area contributed by atoms with E-state index in [0.717, 1.165) is 25.8 Å². The maximum atomic E-state index is 12.2. The molecule has 1 rings (SSSR count). The second-order valence-corrected chi connectivity index (χ2v) is 4.93. The van der Waals surface area contributed by atoms with Gasteiger partial charge in [0, 0.05) is 12.6 Å². The van der Waals surface area contributed by atoms with Crippen molar-refractivity contribution in [3.8, 4) is 0 Å². The summed E-state index contributed by atoms with van der Waals surface area (Å²) in [4.78, 5) is 24.8. The van der Waals surface area contributed by atoms with Crippen LogP contribution in [0.1, 0.15) is 46.5 Å². The molecule has 0 spiro atoms. The molecule has 0 aliphatic heterocycles. The molecule has 0 saturated heterocycles. The van der Waals surface area contributed by atoms with Crippen molar-refractivity contribution in [3.63, 3.8) is 0 Å². The van der Waals surface area contributed by atoms with Crippen molar-refractivity contribution in [2.75, 3.05) is 6.54 Å². The van der Waals surface area contributed by atoms with Crippen LogP contribution in [0.3, 0.4) is 0 Å². The Balaban J connectivity index is 2.58. The van der Waals surface area contributed by atoms with E-state index in [1.807, 2.05) is 11.8 Å². The molecule has 1 N–H and O–H groups in total. The number of unbranched alkanes of at least 4 members (excludes halogenated alkanes) is 1. The number of amides is 1. The summed E-state index contributed by atoms with van der Waals surface area (Å²) in [6.07, 6.45) is 3.47. The maximum absolute atomic E-state index is 12.2. The normalized spacial score (nSPS) is 24.2. The SMILES string of the molecule is CCCCN(C(=O)[C@@H]1C[C@@H]1C(=O)O)C(C)CC. The summed E-state index contributed by atoms with van der Waals surface area (Å²) >= 11 is 0. The van der Waals surface area contributed by atoms with Crippen LogP contribution >= 0.6 is 0 Å². The first kappa shape index (κ1) is 14.0. The number of nitrogens with zero attached hydrogens (tertiary/aromatic N) is 1. The fourth-order valence-corrected chi connectivity index (χ4v) is 2.05. The Kier molecular flexibility index (Phi) is 4.97. The smallest absolute Gasteiger partial charge is 0.307 e. The molecule has 0 heterocycles. The van der Waals surface area contributed by atoms with Crippen LogP contribution in [0.4, 0.5) is 0 Å². The minimum atomic E-state index is -0.831. The third-order valence-electron chi connectivity index (χ3n) is 3.58. The van der Waals surface area contributed by atoms with Gasteiger partial charge in [-0.2, -0.15) is 0 Å². The summed E-state index contributed by atoms with van der Waals surface area (Å²) in [5.74, 6) is -1.49. The standard InChI is InChI=1S/C13H23NO3/c1-4-6-7-14(9(3)5-2)12(15)10-8-11(10)13(16)17/h9-11H,4-8H2,1-3H3,(H,16,17)/t9?,10-,11+/m1/s1. The van der Waals surface area contributed by atoms with Crippen LogP contribution in [0.2, 0.25) is 0 Å². The van der Waals surface area contributed by atoms with Crippen LogP contribution in [0, 0.1) is 11.8 Å². The highest BCUT2D eigenvalue weighted by Crippen LogP contribution is 2.40. The van der Waals surface area contributed by atoms with Crippen molar-refractivity contribution in [3.05, 3.63) is 0 Å². The molecule has 0 aromatic rings. The van der Waals surface area contributed by atoms with Crippen molar-refractivity contribution in [1.82, 2.24) is 4.90 Å². The first-order chi connectivity index (χ1) is 8.02. The second-order valence-electron chi connectivity index (χ2n) is 4.93. The van der Waals surface area contributed by atoms with Gasteiger partial charge in [0.25, 0.3) is 0 Å². The zero-order valence-corrected chi connectivity index (χ0v) is 11.0. The number of carboxylic acids is 1. The van der Waals surface area contributed by atoms with Gasteiger partial charge in [0.2, 0.25) is 5.91 Å². The lowest BCUT2D eigenvalue weighted by atomic mass is 10.1. The molecule has 1 fully saturated rings. The lowest BCUT2D eigenvalue weighted by molar-refractivity contribution is -0.142. The molecule has 1 aliphatic rings. The number of carbonyl (C=O) groups excluding carboxylic acids is 1. The average molecular weight is 241 g/mol. The van der Waals surface area contributed by atoms with Gasteiger partial charge in [0.1, 0.15) is 0 Å². The average Bonchev–Trinajstić information content (AvgIpc) is 3.08. The number of carboxylic acid groups (broad SMARTS) is 1. The van der Waals surface area contributed by atoms with E-state index >= 15 is 0 Å². The predicted octanol–water partition coefficient (Wildman–Crippen LogP) is 2.13. The molecule has 1 aliphatic carbocycles. The van der Waals surface area contributed by atoms with E-state index in [1.54, 1.807) is 0 Å². The lowest BCUT2D eigenvalue weighted by Gasteiger charge is -2.28. The summed E-state index contributed by atoms with van der Waals surface area (Å²) < 4.78 is 0. The minimum Gasteiger partial charge on any atom is -0.481 e. The van der Waals surface area contributed by atoms with E-state index in [0.29, 0.717) is 6.42 Å². The molecule has 3 atom stereocenters. The van der Waals surface area contributed by atoms with E-state index in [4.69, 9.17) is 5.11 Å². The molecule has 1 unspecified atom stereocenters. The van der Waals surface area contributed by atoms with Crippen molar-refractivity contribution >= 4 is 11.9 Å². The first-order valence-electron chi connectivity index (χ1n) is 6.56. The van der Waals surface area contributed by atoms with Gasteiger partial charge < -0.3 is 10.0 Å². The van der Waals surface area contributed by atoms with E-state index in [-0.39, 0.29) is 17.9 Å². The third-order valence-corrected chi connectivity index (χ3v) is 3.58. The highest BCUT2D eigenvalue weighted by atomic mass is 16.4. The van der Waals surface area contributed by atoms with Gasteiger partial charge >= 0.3 is 5.97 Å². The van der Waals surface area contributed by atoms with Crippen LogP contribution in [-0.4, -0.2) is 34.5 Å². The molecule has 0 aromatic heterocycles. The quantitative estimate of drug-likeness (QED) is 0.743. The number of hydrogen-bond acceptors (Lipinski definition) is 2. The molecule has 0 aromatic carbocycles. The van der Waals surface area contributed by atoms with Crippen LogP contribution in [0.5, 0.6) is 0 Å². The van der Waals surface area contributed by atoms with Crippen LogP contribution < -0.4 is 0 Å².